The second kappa shape index (κ2) is 8.39. The van der Waals surface area contributed by atoms with Crippen LogP contribution in [0.3, 0.4) is 0 Å². The van der Waals surface area contributed by atoms with Crippen molar-refractivity contribution in [1.82, 2.24) is 15.2 Å². The van der Waals surface area contributed by atoms with Crippen LogP contribution < -0.4 is 10.6 Å². The molecule has 4 rings (SSSR count). The fraction of sp³-hybridized carbons (Fsp3) is 0.348. The van der Waals surface area contributed by atoms with Crippen molar-refractivity contribution >= 4 is 35.1 Å². The van der Waals surface area contributed by atoms with Crippen LogP contribution in [0.25, 0.3) is 11.6 Å². The van der Waals surface area contributed by atoms with Crippen LogP contribution in [0, 0.1) is 13.8 Å². The first-order valence-electron chi connectivity index (χ1n) is 10.5. The van der Waals surface area contributed by atoms with Gasteiger partial charge in [-0.3, -0.25) is 9.59 Å². The highest BCUT2D eigenvalue weighted by Gasteiger charge is 2.26. The van der Waals surface area contributed by atoms with Gasteiger partial charge in [-0.25, -0.2) is 4.79 Å². The number of rotatable bonds is 6. The van der Waals surface area contributed by atoms with Crippen LogP contribution in [0.2, 0.25) is 0 Å². The van der Waals surface area contributed by atoms with E-state index in [1.54, 1.807) is 12.1 Å². The molecule has 0 saturated carbocycles. The summed E-state index contributed by atoms with van der Waals surface area (Å²) in [5.41, 5.74) is 4.28. The maximum absolute atomic E-state index is 12.8. The van der Waals surface area contributed by atoms with Crippen LogP contribution in [0.15, 0.2) is 18.2 Å². The van der Waals surface area contributed by atoms with Gasteiger partial charge in [0, 0.05) is 35.7 Å². The van der Waals surface area contributed by atoms with Crippen LogP contribution in [0.5, 0.6) is 0 Å². The molecule has 31 heavy (non-hydrogen) atoms. The minimum Gasteiger partial charge on any atom is -0.478 e. The van der Waals surface area contributed by atoms with E-state index in [4.69, 9.17) is 0 Å². The molecule has 1 aromatic carbocycles. The summed E-state index contributed by atoms with van der Waals surface area (Å²) in [6.45, 7) is 7.27. The average Bonchev–Trinajstić information content (AvgIpc) is 3.41. The van der Waals surface area contributed by atoms with E-state index in [-0.39, 0.29) is 17.4 Å². The van der Waals surface area contributed by atoms with Crippen LogP contribution in [0.1, 0.15) is 56.1 Å². The lowest BCUT2D eigenvalue weighted by Crippen LogP contribution is -2.33. The molecular weight excluding hydrogens is 396 g/mol. The largest absolute Gasteiger partial charge is 0.478 e. The van der Waals surface area contributed by atoms with E-state index in [0.29, 0.717) is 34.6 Å². The zero-order valence-corrected chi connectivity index (χ0v) is 17.7. The Morgan fingerprint density at radius 1 is 1.23 bits per heavy atom. The van der Waals surface area contributed by atoms with Crippen molar-refractivity contribution in [1.29, 1.82) is 0 Å². The first kappa shape index (κ1) is 20.9. The van der Waals surface area contributed by atoms with Gasteiger partial charge in [0.2, 0.25) is 0 Å². The third-order valence-electron chi connectivity index (χ3n) is 5.95. The molecule has 1 saturated heterocycles. The van der Waals surface area contributed by atoms with Crippen molar-refractivity contribution in [3.05, 3.63) is 51.8 Å². The number of aromatic amines is 1. The summed E-state index contributed by atoms with van der Waals surface area (Å²) in [6, 6.07) is 4.53. The Morgan fingerprint density at radius 3 is 2.68 bits per heavy atom. The number of anilines is 1. The molecule has 0 bridgehead atoms. The SMILES string of the molecule is Cc1[nH]c(C=C2C(=O)Nc3ccc(C(=O)O)cc32)c(C)c1C(=O)NCCN1CCCC1. The van der Waals surface area contributed by atoms with Crippen molar-refractivity contribution < 1.29 is 19.5 Å². The third-order valence-corrected chi connectivity index (χ3v) is 5.95. The van der Waals surface area contributed by atoms with Gasteiger partial charge in [0.05, 0.1) is 16.7 Å². The van der Waals surface area contributed by atoms with Gasteiger partial charge in [0.25, 0.3) is 11.8 Å². The Hall–Kier alpha value is -3.39. The van der Waals surface area contributed by atoms with Gasteiger partial charge in [-0.15, -0.1) is 0 Å². The molecule has 3 heterocycles. The van der Waals surface area contributed by atoms with E-state index in [2.05, 4.69) is 20.5 Å². The summed E-state index contributed by atoms with van der Waals surface area (Å²) in [5.74, 6) is -1.50. The Kier molecular flexibility index (Phi) is 5.65. The van der Waals surface area contributed by atoms with Gasteiger partial charge in [0.15, 0.2) is 0 Å². The Labute approximate surface area is 180 Å². The predicted octanol–water partition coefficient (Wildman–Crippen LogP) is 2.65. The number of H-pyrrole nitrogens is 1. The van der Waals surface area contributed by atoms with Gasteiger partial charge >= 0.3 is 5.97 Å². The maximum Gasteiger partial charge on any atom is 0.335 e. The molecule has 2 amide bonds. The number of carboxylic acid groups (broad SMARTS) is 1. The predicted molar refractivity (Wildman–Crippen MR) is 118 cm³/mol. The fourth-order valence-corrected chi connectivity index (χ4v) is 4.29. The normalized spacial score (nSPS) is 17.1. The van der Waals surface area contributed by atoms with E-state index in [1.165, 1.54) is 25.0 Å². The minimum atomic E-state index is -1.05. The number of aromatic carboxylic acids is 1. The number of hydrogen-bond acceptors (Lipinski definition) is 4. The van der Waals surface area contributed by atoms with Crippen LogP contribution >= 0.6 is 0 Å². The number of fused-ring (bicyclic) bond motifs is 1. The van der Waals surface area contributed by atoms with E-state index >= 15 is 0 Å². The molecule has 0 radical (unpaired) electrons. The number of aromatic nitrogens is 1. The number of likely N-dealkylation sites (tertiary alicyclic amines) is 1. The minimum absolute atomic E-state index is 0.110. The summed E-state index contributed by atoms with van der Waals surface area (Å²) in [6.07, 6.45) is 4.11. The van der Waals surface area contributed by atoms with Crippen LogP contribution in [0.4, 0.5) is 5.69 Å². The molecule has 1 fully saturated rings. The molecule has 2 aliphatic heterocycles. The van der Waals surface area contributed by atoms with Crippen LogP contribution in [-0.4, -0.2) is 59.0 Å². The summed E-state index contributed by atoms with van der Waals surface area (Å²) < 4.78 is 0. The smallest absolute Gasteiger partial charge is 0.335 e. The molecule has 0 unspecified atom stereocenters. The van der Waals surface area contributed by atoms with Gasteiger partial charge in [-0.1, -0.05) is 0 Å². The van der Waals surface area contributed by atoms with Gasteiger partial charge < -0.3 is 25.6 Å². The van der Waals surface area contributed by atoms with Crippen molar-refractivity contribution in [3.63, 3.8) is 0 Å². The third kappa shape index (κ3) is 4.11. The average molecular weight is 422 g/mol. The number of hydrogen-bond donors (Lipinski definition) is 4. The zero-order chi connectivity index (χ0) is 22.1. The van der Waals surface area contributed by atoms with E-state index < -0.39 is 5.97 Å². The monoisotopic (exact) mass is 422 g/mol. The molecule has 4 N–H and O–H groups in total. The van der Waals surface area contributed by atoms with Crippen molar-refractivity contribution in [2.45, 2.75) is 26.7 Å². The lowest BCUT2D eigenvalue weighted by Gasteiger charge is -2.14. The van der Waals surface area contributed by atoms with Crippen molar-refractivity contribution in [3.8, 4) is 0 Å². The molecule has 8 nitrogen and oxygen atoms in total. The Balaban J connectivity index is 1.57. The summed E-state index contributed by atoms with van der Waals surface area (Å²) in [7, 11) is 0. The second-order valence-corrected chi connectivity index (χ2v) is 8.05. The molecule has 2 aromatic rings. The van der Waals surface area contributed by atoms with Crippen LogP contribution in [-0.2, 0) is 4.79 Å². The molecular formula is C23H26N4O4. The van der Waals surface area contributed by atoms with E-state index in [0.717, 1.165) is 30.9 Å². The van der Waals surface area contributed by atoms with Gasteiger partial charge in [0.1, 0.15) is 0 Å². The summed E-state index contributed by atoms with van der Waals surface area (Å²) >= 11 is 0. The van der Waals surface area contributed by atoms with Gasteiger partial charge in [-0.05, 0) is 69.6 Å². The quantitative estimate of drug-likeness (QED) is 0.535. The molecule has 2 aliphatic rings. The highest BCUT2D eigenvalue weighted by Crippen LogP contribution is 2.34. The number of nitrogens with one attached hydrogen (secondary N) is 3. The number of carboxylic acids is 1. The van der Waals surface area contributed by atoms with Gasteiger partial charge in [-0.2, -0.15) is 0 Å². The number of benzene rings is 1. The highest BCUT2D eigenvalue weighted by atomic mass is 16.4. The molecule has 1 aromatic heterocycles. The first-order valence-corrected chi connectivity index (χ1v) is 10.5. The molecule has 162 valence electrons. The maximum atomic E-state index is 12.8. The fourth-order valence-electron chi connectivity index (χ4n) is 4.29. The standard InChI is InChI=1S/C23H26N4O4/c1-13-19(12-17-16-11-15(23(30)31)5-6-18(16)26-21(17)28)25-14(2)20(13)22(29)24-7-10-27-8-3-4-9-27/h5-6,11-12,25H,3-4,7-10H2,1-2H3,(H,24,29)(H,26,28)(H,30,31). The topological polar surface area (TPSA) is 115 Å². The Morgan fingerprint density at radius 2 is 1.97 bits per heavy atom. The molecule has 0 atom stereocenters. The first-order chi connectivity index (χ1) is 14.8. The number of nitrogens with zero attached hydrogens (tertiary/aromatic N) is 1. The Bertz CT molecular complexity index is 1090. The number of carbonyl (C=O) groups excluding carboxylic acids is 2. The molecule has 0 spiro atoms. The molecule has 0 aliphatic carbocycles. The summed E-state index contributed by atoms with van der Waals surface area (Å²) in [5, 5.41) is 15.0. The second-order valence-electron chi connectivity index (χ2n) is 8.05. The van der Waals surface area contributed by atoms with E-state index in [9.17, 15) is 19.5 Å². The van der Waals surface area contributed by atoms with E-state index in [1.807, 2.05) is 13.8 Å². The van der Waals surface area contributed by atoms with Crippen molar-refractivity contribution in [2.24, 2.45) is 0 Å². The zero-order valence-electron chi connectivity index (χ0n) is 17.7. The number of amides is 2. The molecule has 8 heteroatoms. The lowest BCUT2D eigenvalue weighted by molar-refractivity contribution is -0.110. The number of aryl methyl sites for hydroxylation is 1. The number of carbonyl (C=O) groups is 3. The lowest BCUT2D eigenvalue weighted by atomic mass is 10.0. The highest BCUT2D eigenvalue weighted by molar-refractivity contribution is 6.35. The summed E-state index contributed by atoms with van der Waals surface area (Å²) in [4.78, 5) is 42.1. The van der Waals surface area contributed by atoms with Crippen molar-refractivity contribution in [2.75, 3.05) is 31.5 Å².